The number of nitrogens with one attached hydrogen (secondary N) is 1. The molecule has 152 valence electrons. The topological polar surface area (TPSA) is 95.9 Å². The number of carbonyl (C=O) groups excluding carboxylic acids is 2. The SMILES string of the molecule is COc1cc(NC(=O)C[C@@](C)(C(=O)O)c2ccccc2)ccc1N1CCCC1=O. The highest BCUT2D eigenvalue weighted by molar-refractivity contribution is 5.99. The van der Waals surface area contributed by atoms with Crippen molar-refractivity contribution in [2.75, 3.05) is 23.9 Å². The molecule has 0 bridgehead atoms. The Balaban J connectivity index is 1.78. The molecular formula is C22H24N2O5. The number of carboxylic acids is 1. The first kappa shape index (κ1) is 20.4. The van der Waals surface area contributed by atoms with E-state index in [0.29, 0.717) is 35.7 Å². The number of hydrogen-bond donors (Lipinski definition) is 2. The number of anilines is 2. The number of methoxy groups -OCH3 is 1. The van der Waals surface area contributed by atoms with Gasteiger partial charge < -0.3 is 20.1 Å². The summed E-state index contributed by atoms with van der Waals surface area (Å²) in [5, 5.41) is 12.5. The van der Waals surface area contributed by atoms with Crippen molar-refractivity contribution in [1.29, 1.82) is 0 Å². The number of carboxylic acid groups (broad SMARTS) is 1. The van der Waals surface area contributed by atoms with Gasteiger partial charge in [-0.15, -0.1) is 0 Å². The molecule has 2 amide bonds. The zero-order chi connectivity index (χ0) is 21.0. The van der Waals surface area contributed by atoms with Crippen molar-refractivity contribution in [3.05, 3.63) is 54.1 Å². The highest BCUT2D eigenvalue weighted by atomic mass is 16.5. The molecule has 0 radical (unpaired) electrons. The molecule has 1 aliphatic heterocycles. The molecular weight excluding hydrogens is 372 g/mol. The average molecular weight is 396 g/mol. The molecule has 0 saturated carbocycles. The van der Waals surface area contributed by atoms with Gasteiger partial charge in [0.15, 0.2) is 0 Å². The first-order valence-corrected chi connectivity index (χ1v) is 9.42. The van der Waals surface area contributed by atoms with Gasteiger partial charge in [-0.05, 0) is 31.0 Å². The van der Waals surface area contributed by atoms with E-state index in [1.807, 2.05) is 0 Å². The second-order valence-corrected chi connectivity index (χ2v) is 7.26. The molecule has 3 rings (SSSR count). The van der Waals surface area contributed by atoms with Crippen LogP contribution in [0.3, 0.4) is 0 Å². The van der Waals surface area contributed by atoms with Crippen molar-refractivity contribution in [3.8, 4) is 5.75 Å². The maximum Gasteiger partial charge on any atom is 0.314 e. The van der Waals surface area contributed by atoms with Crippen LogP contribution in [0.15, 0.2) is 48.5 Å². The first-order chi connectivity index (χ1) is 13.8. The van der Waals surface area contributed by atoms with Gasteiger partial charge in [0.05, 0.1) is 18.2 Å². The van der Waals surface area contributed by atoms with Crippen molar-refractivity contribution in [3.63, 3.8) is 0 Å². The summed E-state index contributed by atoms with van der Waals surface area (Å²) in [5.41, 5.74) is 0.344. The zero-order valence-electron chi connectivity index (χ0n) is 16.5. The minimum absolute atomic E-state index is 0.0418. The maximum atomic E-state index is 12.6. The lowest BCUT2D eigenvalue weighted by atomic mass is 9.79. The molecule has 0 unspecified atom stereocenters. The highest BCUT2D eigenvalue weighted by Crippen LogP contribution is 2.34. The number of carbonyl (C=O) groups is 3. The Morgan fingerprint density at radius 2 is 1.93 bits per heavy atom. The van der Waals surface area contributed by atoms with Crippen LogP contribution >= 0.6 is 0 Å². The number of aliphatic carboxylic acids is 1. The number of rotatable bonds is 7. The fourth-order valence-electron chi connectivity index (χ4n) is 3.51. The van der Waals surface area contributed by atoms with E-state index in [1.165, 1.54) is 14.0 Å². The van der Waals surface area contributed by atoms with Crippen molar-refractivity contribution < 1.29 is 24.2 Å². The number of benzene rings is 2. The summed E-state index contributed by atoms with van der Waals surface area (Å²) >= 11 is 0. The van der Waals surface area contributed by atoms with Gasteiger partial charge in [0.25, 0.3) is 0 Å². The lowest BCUT2D eigenvalue weighted by Gasteiger charge is -2.25. The molecule has 1 saturated heterocycles. The van der Waals surface area contributed by atoms with Gasteiger partial charge in [-0.3, -0.25) is 14.4 Å². The predicted molar refractivity (Wildman–Crippen MR) is 109 cm³/mol. The predicted octanol–water partition coefficient (Wildman–Crippen LogP) is 3.19. The fourth-order valence-corrected chi connectivity index (χ4v) is 3.51. The fraction of sp³-hybridized carbons (Fsp3) is 0.318. The lowest BCUT2D eigenvalue weighted by molar-refractivity contribution is -0.145. The molecule has 1 aliphatic rings. The summed E-state index contributed by atoms with van der Waals surface area (Å²) in [7, 11) is 1.50. The Kier molecular flexibility index (Phi) is 5.87. The summed E-state index contributed by atoms with van der Waals surface area (Å²) in [4.78, 5) is 38.2. The quantitative estimate of drug-likeness (QED) is 0.749. The monoisotopic (exact) mass is 396 g/mol. The Hall–Kier alpha value is -3.35. The van der Waals surface area contributed by atoms with Gasteiger partial charge in [0, 0.05) is 31.1 Å². The second-order valence-electron chi connectivity index (χ2n) is 7.26. The number of hydrogen-bond acceptors (Lipinski definition) is 4. The largest absolute Gasteiger partial charge is 0.494 e. The molecule has 7 nitrogen and oxygen atoms in total. The summed E-state index contributed by atoms with van der Waals surface area (Å²) in [5.74, 6) is -0.979. The van der Waals surface area contributed by atoms with Crippen molar-refractivity contribution in [2.24, 2.45) is 0 Å². The molecule has 0 spiro atoms. The maximum absolute atomic E-state index is 12.6. The molecule has 7 heteroatoms. The van der Waals surface area contributed by atoms with Crippen LogP contribution in [0, 0.1) is 0 Å². The molecule has 1 atom stereocenters. The number of amides is 2. The summed E-state index contributed by atoms with van der Waals surface area (Å²) < 4.78 is 5.40. The van der Waals surface area contributed by atoms with E-state index in [2.05, 4.69) is 5.32 Å². The van der Waals surface area contributed by atoms with E-state index in [-0.39, 0.29) is 12.3 Å². The lowest BCUT2D eigenvalue weighted by Crippen LogP contribution is -2.36. The standard InChI is InChI=1S/C22H24N2O5/c1-22(21(27)28,15-7-4-3-5-8-15)14-19(25)23-16-10-11-17(18(13-16)29-2)24-12-6-9-20(24)26/h3-5,7-8,10-11,13H,6,9,12,14H2,1-2H3,(H,23,25)(H,27,28)/t22-/m1/s1. The third-order valence-corrected chi connectivity index (χ3v) is 5.22. The average Bonchev–Trinajstić information content (AvgIpc) is 3.13. The Bertz CT molecular complexity index is 928. The Morgan fingerprint density at radius 1 is 1.21 bits per heavy atom. The molecule has 2 N–H and O–H groups in total. The third-order valence-electron chi connectivity index (χ3n) is 5.22. The van der Waals surface area contributed by atoms with Crippen LogP contribution in [0.4, 0.5) is 11.4 Å². The van der Waals surface area contributed by atoms with E-state index >= 15 is 0 Å². The van der Waals surface area contributed by atoms with Crippen molar-refractivity contribution in [1.82, 2.24) is 0 Å². The van der Waals surface area contributed by atoms with Crippen LogP contribution in [-0.4, -0.2) is 36.5 Å². The van der Waals surface area contributed by atoms with Crippen LogP contribution in [0.1, 0.15) is 31.7 Å². The van der Waals surface area contributed by atoms with E-state index < -0.39 is 17.3 Å². The number of nitrogens with zero attached hydrogens (tertiary/aromatic N) is 1. The van der Waals surface area contributed by atoms with E-state index in [1.54, 1.807) is 53.4 Å². The van der Waals surface area contributed by atoms with Gasteiger partial charge in [-0.25, -0.2) is 0 Å². The summed E-state index contributed by atoms with van der Waals surface area (Å²) in [6.45, 7) is 2.17. The van der Waals surface area contributed by atoms with E-state index in [9.17, 15) is 19.5 Å². The van der Waals surface area contributed by atoms with Crippen LogP contribution in [-0.2, 0) is 19.8 Å². The molecule has 2 aromatic carbocycles. The smallest absolute Gasteiger partial charge is 0.314 e. The van der Waals surface area contributed by atoms with E-state index in [0.717, 1.165) is 6.42 Å². The number of ether oxygens (including phenoxy) is 1. The molecule has 1 fully saturated rings. The summed E-state index contributed by atoms with van der Waals surface area (Å²) in [6.07, 6.45) is 1.09. The van der Waals surface area contributed by atoms with Gasteiger partial charge >= 0.3 is 5.97 Å². The molecule has 29 heavy (non-hydrogen) atoms. The van der Waals surface area contributed by atoms with Gasteiger partial charge in [-0.1, -0.05) is 30.3 Å². The highest BCUT2D eigenvalue weighted by Gasteiger charge is 2.37. The summed E-state index contributed by atoms with van der Waals surface area (Å²) in [6, 6.07) is 13.7. The zero-order valence-corrected chi connectivity index (χ0v) is 16.5. The Morgan fingerprint density at radius 3 is 2.52 bits per heavy atom. The normalized spacial score (nSPS) is 15.7. The Labute approximate surface area is 169 Å². The van der Waals surface area contributed by atoms with Crippen molar-refractivity contribution in [2.45, 2.75) is 31.6 Å². The van der Waals surface area contributed by atoms with Crippen LogP contribution in [0.2, 0.25) is 0 Å². The van der Waals surface area contributed by atoms with Crippen molar-refractivity contribution >= 4 is 29.2 Å². The minimum atomic E-state index is -1.35. The minimum Gasteiger partial charge on any atom is -0.494 e. The third kappa shape index (κ3) is 4.23. The van der Waals surface area contributed by atoms with Gasteiger partial charge in [-0.2, -0.15) is 0 Å². The molecule has 2 aromatic rings. The van der Waals surface area contributed by atoms with Gasteiger partial charge in [0.1, 0.15) is 5.75 Å². The van der Waals surface area contributed by atoms with E-state index in [4.69, 9.17) is 4.74 Å². The molecule has 0 aromatic heterocycles. The van der Waals surface area contributed by atoms with Gasteiger partial charge in [0.2, 0.25) is 11.8 Å². The van der Waals surface area contributed by atoms with Crippen LogP contribution < -0.4 is 15.0 Å². The molecule has 1 heterocycles. The first-order valence-electron chi connectivity index (χ1n) is 9.42. The second kappa shape index (κ2) is 8.34. The van der Waals surface area contributed by atoms with Crippen LogP contribution in [0.5, 0.6) is 5.75 Å². The molecule has 0 aliphatic carbocycles. The van der Waals surface area contributed by atoms with Crippen LogP contribution in [0.25, 0.3) is 0 Å².